The summed E-state index contributed by atoms with van der Waals surface area (Å²) in [5, 5.41) is 3.25. The van der Waals surface area contributed by atoms with E-state index in [0.717, 1.165) is 0 Å². The maximum atomic E-state index is 11.7. The Hall–Kier alpha value is -1.30. The molecule has 6 heteroatoms. The molecule has 0 atom stereocenters. The quantitative estimate of drug-likeness (QED) is 0.619. The molecule has 1 aromatic carbocycles. The van der Waals surface area contributed by atoms with Crippen molar-refractivity contribution in [3.05, 3.63) is 23.2 Å². The minimum atomic E-state index is -0.0600. The van der Waals surface area contributed by atoms with Crippen molar-refractivity contribution in [2.24, 2.45) is 0 Å². The third-order valence-electron chi connectivity index (χ3n) is 2.79. The lowest BCUT2D eigenvalue weighted by Gasteiger charge is -2.25. The average Bonchev–Trinajstić information content (AvgIpc) is 2.31. The summed E-state index contributed by atoms with van der Waals surface area (Å²) >= 11 is 5.80. The van der Waals surface area contributed by atoms with E-state index in [9.17, 15) is 4.79 Å². The molecule has 3 N–H and O–H groups in total. The summed E-state index contributed by atoms with van der Waals surface area (Å²) in [6.45, 7) is 1.90. The van der Waals surface area contributed by atoms with Gasteiger partial charge in [0.2, 0.25) is 5.91 Å². The SMILES string of the molecule is Nc1cc(NC(=O)CCCOC2COC2)ccc1Cl. The molecular weight excluding hydrogens is 268 g/mol. The van der Waals surface area contributed by atoms with Crippen LogP contribution in [0.5, 0.6) is 0 Å². The Labute approximate surface area is 117 Å². The second-order valence-corrected chi connectivity index (χ2v) is 4.83. The predicted molar refractivity (Wildman–Crippen MR) is 74.3 cm³/mol. The first kappa shape index (κ1) is 14.1. The first-order valence-electron chi connectivity index (χ1n) is 6.19. The number of carbonyl (C=O) groups is 1. The van der Waals surface area contributed by atoms with Gasteiger partial charge in [-0.15, -0.1) is 0 Å². The Balaban J connectivity index is 1.66. The van der Waals surface area contributed by atoms with Crippen LogP contribution in [0.1, 0.15) is 12.8 Å². The molecule has 1 aliphatic rings. The molecule has 0 aromatic heterocycles. The van der Waals surface area contributed by atoms with Crippen molar-refractivity contribution in [2.45, 2.75) is 18.9 Å². The van der Waals surface area contributed by atoms with E-state index in [0.29, 0.717) is 49.1 Å². The van der Waals surface area contributed by atoms with E-state index in [2.05, 4.69) is 5.32 Å². The van der Waals surface area contributed by atoms with E-state index >= 15 is 0 Å². The van der Waals surface area contributed by atoms with E-state index in [4.69, 9.17) is 26.8 Å². The Morgan fingerprint density at radius 2 is 2.32 bits per heavy atom. The van der Waals surface area contributed by atoms with E-state index in [1.54, 1.807) is 18.2 Å². The van der Waals surface area contributed by atoms with Gasteiger partial charge in [-0.3, -0.25) is 4.79 Å². The molecule has 0 aliphatic carbocycles. The van der Waals surface area contributed by atoms with Gasteiger partial charge in [0.1, 0.15) is 6.10 Å². The molecule has 5 nitrogen and oxygen atoms in total. The number of benzene rings is 1. The van der Waals surface area contributed by atoms with E-state index in [1.165, 1.54) is 0 Å². The summed E-state index contributed by atoms with van der Waals surface area (Å²) < 4.78 is 10.5. The lowest BCUT2D eigenvalue weighted by atomic mass is 10.2. The number of hydrogen-bond donors (Lipinski definition) is 2. The summed E-state index contributed by atoms with van der Waals surface area (Å²) in [7, 11) is 0. The van der Waals surface area contributed by atoms with Crippen LogP contribution in [-0.2, 0) is 14.3 Å². The van der Waals surface area contributed by atoms with Gasteiger partial charge in [0.15, 0.2) is 0 Å². The number of halogens is 1. The summed E-state index contributed by atoms with van der Waals surface area (Å²) in [5.74, 6) is -0.0600. The van der Waals surface area contributed by atoms with Crippen molar-refractivity contribution in [3.8, 4) is 0 Å². The third-order valence-corrected chi connectivity index (χ3v) is 3.13. The number of ether oxygens (including phenoxy) is 2. The maximum Gasteiger partial charge on any atom is 0.224 e. The normalized spacial score (nSPS) is 15.0. The van der Waals surface area contributed by atoms with Gasteiger partial charge >= 0.3 is 0 Å². The van der Waals surface area contributed by atoms with Gasteiger partial charge in [-0.2, -0.15) is 0 Å². The molecule has 0 radical (unpaired) electrons. The number of anilines is 2. The molecule has 1 fully saturated rings. The van der Waals surface area contributed by atoms with Crippen LogP contribution >= 0.6 is 11.6 Å². The zero-order valence-electron chi connectivity index (χ0n) is 10.5. The van der Waals surface area contributed by atoms with Crippen molar-refractivity contribution in [3.63, 3.8) is 0 Å². The van der Waals surface area contributed by atoms with E-state index in [1.807, 2.05) is 0 Å². The van der Waals surface area contributed by atoms with Crippen molar-refractivity contribution in [1.82, 2.24) is 0 Å². The highest BCUT2D eigenvalue weighted by Gasteiger charge is 2.18. The molecule has 1 saturated heterocycles. The molecule has 0 bridgehead atoms. The molecule has 2 rings (SSSR count). The van der Waals surface area contributed by atoms with Crippen molar-refractivity contribution >= 4 is 28.9 Å². The van der Waals surface area contributed by atoms with E-state index in [-0.39, 0.29) is 12.0 Å². The van der Waals surface area contributed by atoms with Crippen LogP contribution < -0.4 is 11.1 Å². The first-order valence-corrected chi connectivity index (χ1v) is 6.57. The van der Waals surface area contributed by atoms with Crippen molar-refractivity contribution < 1.29 is 14.3 Å². The fraction of sp³-hybridized carbons (Fsp3) is 0.462. The van der Waals surface area contributed by atoms with Crippen LogP contribution in [-0.4, -0.2) is 31.8 Å². The number of nitrogens with two attached hydrogens (primary N) is 1. The largest absolute Gasteiger partial charge is 0.397 e. The van der Waals surface area contributed by atoms with Crippen LogP contribution in [0.15, 0.2) is 18.2 Å². The van der Waals surface area contributed by atoms with Crippen LogP contribution in [0.2, 0.25) is 5.02 Å². The lowest BCUT2D eigenvalue weighted by Crippen LogP contribution is -2.36. The average molecular weight is 285 g/mol. The van der Waals surface area contributed by atoms with Gasteiger partial charge in [0, 0.05) is 18.7 Å². The number of carbonyl (C=O) groups excluding carboxylic acids is 1. The minimum Gasteiger partial charge on any atom is -0.397 e. The zero-order chi connectivity index (χ0) is 13.7. The highest BCUT2D eigenvalue weighted by molar-refractivity contribution is 6.33. The highest BCUT2D eigenvalue weighted by atomic mass is 35.5. The van der Waals surface area contributed by atoms with Crippen molar-refractivity contribution in [2.75, 3.05) is 30.9 Å². The first-order chi connectivity index (χ1) is 9.15. The second kappa shape index (κ2) is 6.75. The smallest absolute Gasteiger partial charge is 0.224 e. The summed E-state index contributed by atoms with van der Waals surface area (Å²) in [6, 6.07) is 5.02. The van der Waals surface area contributed by atoms with Crippen LogP contribution in [0, 0.1) is 0 Å². The van der Waals surface area contributed by atoms with Crippen LogP contribution in [0.3, 0.4) is 0 Å². The molecule has 0 saturated carbocycles. The molecule has 1 heterocycles. The molecule has 0 unspecified atom stereocenters. The standard InChI is InChI=1S/C13H17ClN2O3/c14-11-4-3-9(6-12(11)15)16-13(17)2-1-5-19-10-7-18-8-10/h3-4,6,10H,1-2,5,7-8,15H2,(H,16,17). The summed E-state index contributed by atoms with van der Waals surface area (Å²) in [6.07, 6.45) is 1.31. The Bertz CT molecular complexity index is 450. The van der Waals surface area contributed by atoms with Gasteiger partial charge in [-0.05, 0) is 24.6 Å². The van der Waals surface area contributed by atoms with Gasteiger partial charge in [0.25, 0.3) is 0 Å². The van der Waals surface area contributed by atoms with Gasteiger partial charge in [-0.25, -0.2) is 0 Å². The topological polar surface area (TPSA) is 73.6 Å². The molecular formula is C13H17ClN2O3. The Morgan fingerprint density at radius 3 is 2.95 bits per heavy atom. The number of nitrogen functional groups attached to an aromatic ring is 1. The molecule has 0 spiro atoms. The fourth-order valence-corrected chi connectivity index (χ4v) is 1.76. The molecule has 1 amide bonds. The van der Waals surface area contributed by atoms with E-state index < -0.39 is 0 Å². The third kappa shape index (κ3) is 4.38. The summed E-state index contributed by atoms with van der Waals surface area (Å²) in [4.78, 5) is 11.7. The predicted octanol–water partition coefficient (Wildman–Crippen LogP) is 2.06. The second-order valence-electron chi connectivity index (χ2n) is 4.42. The molecule has 104 valence electrons. The van der Waals surface area contributed by atoms with Crippen LogP contribution in [0.25, 0.3) is 0 Å². The van der Waals surface area contributed by atoms with Gasteiger partial charge in [-0.1, -0.05) is 11.6 Å². The van der Waals surface area contributed by atoms with Crippen LogP contribution in [0.4, 0.5) is 11.4 Å². The Morgan fingerprint density at radius 1 is 1.53 bits per heavy atom. The number of hydrogen-bond acceptors (Lipinski definition) is 4. The fourth-order valence-electron chi connectivity index (χ4n) is 1.64. The number of rotatable bonds is 6. The van der Waals surface area contributed by atoms with Crippen molar-refractivity contribution in [1.29, 1.82) is 0 Å². The monoisotopic (exact) mass is 284 g/mol. The van der Waals surface area contributed by atoms with Gasteiger partial charge in [0.05, 0.1) is 23.9 Å². The molecule has 1 aromatic rings. The maximum absolute atomic E-state index is 11.7. The molecule has 1 aliphatic heterocycles. The van der Waals surface area contributed by atoms with Gasteiger partial charge < -0.3 is 20.5 Å². The number of amides is 1. The zero-order valence-corrected chi connectivity index (χ0v) is 11.3. The minimum absolute atomic E-state index is 0.0600. The summed E-state index contributed by atoms with van der Waals surface area (Å²) in [5.41, 5.74) is 6.76. The highest BCUT2D eigenvalue weighted by Crippen LogP contribution is 2.22. The number of nitrogens with one attached hydrogen (secondary N) is 1. The Kier molecular flexibility index (Phi) is 5.01. The molecule has 19 heavy (non-hydrogen) atoms. The lowest BCUT2D eigenvalue weighted by molar-refractivity contribution is -0.131.